The average Bonchev–Trinajstić information content (AvgIpc) is 2.12. The van der Waals surface area contributed by atoms with Crippen molar-refractivity contribution in [3.05, 3.63) is 0 Å². The molecule has 4 heteroatoms. The Morgan fingerprint density at radius 2 is 2.06 bits per heavy atom. The van der Waals surface area contributed by atoms with Gasteiger partial charge in [0.25, 0.3) is 0 Å². The summed E-state index contributed by atoms with van der Waals surface area (Å²) in [4.78, 5) is 13.9. The summed E-state index contributed by atoms with van der Waals surface area (Å²) in [6.07, 6.45) is 0.906. The number of β-amino-alcohol motifs (C(OH)–C–C–N with tert-alkyl or cyclic N) is 1. The topological polar surface area (TPSA) is 52.6 Å². The highest BCUT2D eigenvalue weighted by Gasteiger charge is 2.41. The Kier molecular flexibility index (Phi) is 3.65. The molecule has 0 aromatic heterocycles. The Morgan fingerprint density at radius 3 is 2.44 bits per heavy atom. The predicted molar refractivity (Wildman–Crippen MR) is 64.2 cm³/mol. The molecule has 1 unspecified atom stereocenters. The molecule has 1 heterocycles. The van der Waals surface area contributed by atoms with Crippen LogP contribution in [-0.2, 0) is 4.79 Å². The van der Waals surface area contributed by atoms with Crippen LogP contribution in [0.15, 0.2) is 0 Å². The van der Waals surface area contributed by atoms with Crippen molar-refractivity contribution < 1.29 is 9.90 Å². The monoisotopic (exact) mass is 228 g/mol. The van der Waals surface area contributed by atoms with Crippen LogP contribution < -0.4 is 5.32 Å². The van der Waals surface area contributed by atoms with Crippen LogP contribution in [0.3, 0.4) is 0 Å². The molecular formula is C12H24N2O2. The van der Waals surface area contributed by atoms with Crippen LogP contribution >= 0.6 is 0 Å². The molecule has 0 bridgehead atoms. The zero-order valence-corrected chi connectivity index (χ0v) is 11.0. The SMILES string of the molecule is CCC(C)(C)NC(=O)C(C)N1CC(C)(O)C1. The fourth-order valence-corrected chi connectivity index (χ4v) is 1.79. The minimum atomic E-state index is -0.616. The van der Waals surface area contributed by atoms with Gasteiger partial charge in [0.05, 0.1) is 11.6 Å². The summed E-state index contributed by atoms with van der Waals surface area (Å²) >= 11 is 0. The van der Waals surface area contributed by atoms with Crippen LogP contribution in [0.25, 0.3) is 0 Å². The lowest BCUT2D eigenvalue weighted by atomic mass is 9.94. The van der Waals surface area contributed by atoms with E-state index < -0.39 is 5.60 Å². The van der Waals surface area contributed by atoms with E-state index in [9.17, 15) is 9.90 Å². The minimum absolute atomic E-state index is 0.0438. The molecule has 1 amide bonds. The standard InChI is InChI=1S/C12H24N2O2/c1-6-11(3,4)13-10(15)9(2)14-7-12(5,16)8-14/h9,16H,6-8H2,1-5H3,(H,13,15). The molecule has 0 aromatic carbocycles. The zero-order valence-electron chi connectivity index (χ0n) is 11.0. The molecule has 1 saturated heterocycles. The molecule has 0 aliphatic carbocycles. The number of hydrogen-bond donors (Lipinski definition) is 2. The Labute approximate surface area is 98.0 Å². The van der Waals surface area contributed by atoms with Crippen LogP contribution in [0.1, 0.15) is 41.0 Å². The van der Waals surface area contributed by atoms with Crippen molar-refractivity contribution in [2.45, 2.75) is 58.2 Å². The summed E-state index contributed by atoms with van der Waals surface area (Å²) in [5.41, 5.74) is -0.770. The summed E-state index contributed by atoms with van der Waals surface area (Å²) in [6, 6.07) is -0.161. The van der Waals surface area contributed by atoms with Crippen molar-refractivity contribution >= 4 is 5.91 Å². The lowest BCUT2D eigenvalue weighted by molar-refractivity contribution is -0.140. The first-order chi connectivity index (χ1) is 7.17. The van der Waals surface area contributed by atoms with Crippen LogP contribution in [0, 0.1) is 0 Å². The van der Waals surface area contributed by atoms with Crippen LogP contribution in [0.2, 0.25) is 0 Å². The van der Waals surface area contributed by atoms with Gasteiger partial charge >= 0.3 is 0 Å². The smallest absolute Gasteiger partial charge is 0.237 e. The highest BCUT2D eigenvalue weighted by atomic mass is 16.3. The summed E-state index contributed by atoms with van der Waals surface area (Å²) in [5, 5.41) is 12.6. The molecule has 1 rings (SSSR count). The van der Waals surface area contributed by atoms with Gasteiger partial charge in [0.15, 0.2) is 0 Å². The molecule has 0 spiro atoms. The van der Waals surface area contributed by atoms with E-state index >= 15 is 0 Å². The molecule has 1 aliphatic heterocycles. The van der Waals surface area contributed by atoms with E-state index in [4.69, 9.17) is 0 Å². The predicted octanol–water partition coefficient (Wildman–Crippen LogP) is 0.746. The minimum Gasteiger partial charge on any atom is -0.388 e. The van der Waals surface area contributed by atoms with Crippen molar-refractivity contribution in [3.63, 3.8) is 0 Å². The van der Waals surface area contributed by atoms with Crippen molar-refractivity contribution in [1.29, 1.82) is 0 Å². The van der Waals surface area contributed by atoms with E-state index in [0.29, 0.717) is 13.1 Å². The Hall–Kier alpha value is -0.610. The highest BCUT2D eigenvalue weighted by Crippen LogP contribution is 2.22. The fourth-order valence-electron chi connectivity index (χ4n) is 1.79. The first-order valence-corrected chi connectivity index (χ1v) is 5.95. The summed E-state index contributed by atoms with van der Waals surface area (Å²) in [5.74, 6) is 0.0438. The lowest BCUT2D eigenvalue weighted by Crippen LogP contribution is -2.65. The van der Waals surface area contributed by atoms with E-state index in [0.717, 1.165) is 6.42 Å². The van der Waals surface area contributed by atoms with Gasteiger partial charge in [0, 0.05) is 18.6 Å². The molecule has 1 atom stereocenters. The summed E-state index contributed by atoms with van der Waals surface area (Å²) in [6.45, 7) is 10.9. The molecular weight excluding hydrogens is 204 g/mol. The molecule has 2 N–H and O–H groups in total. The number of nitrogens with zero attached hydrogens (tertiary/aromatic N) is 1. The van der Waals surface area contributed by atoms with Crippen molar-refractivity contribution in [2.24, 2.45) is 0 Å². The number of hydrogen-bond acceptors (Lipinski definition) is 3. The number of amides is 1. The van der Waals surface area contributed by atoms with Crippen LogP contribution in [-0.4, -0.2) is 46.2 Å². The second-order valence-electron chi connectivity index (χ2n) is 5.80. The Balaban J connectivity index is 2.44. The number of likely N-dealkylation sites (tertiary alicyclic amines) is 1. The van der Waals surface area contributed by atoms with Gasteiger partial charge in [-0.15, -0.1) is 0 Å². The Bertz CT molecular complexity index is 266. The second-order valence-corrected chi connectivity index (χ2v) is 5.80. The first-order valence-electron chi connectivity index (χ1n) is 5.95. The van der Waals surface area contributed by atoms with E-state index in [1.807, 2.05) is 25.7 Å². The third kappa shape index (κ3) is 3.19. The van der Waals surface area contributed by atoms with Crippen LogP contribution in [0.5, 0.6) is 0 Å². The van der Waals surface area contributed by atoms with Gasteiger partial charge in [-0.3, -0.25) is 9.69 Å². The molecule has 1 aliphatic rings. The highest BCUT2D eigenvalue weighted by molar-refractivity contribution is 5.82. The molecule has 94 valence electrons. The van der Waals surface area contributed by atoms with E-state index in [1.165, 1.54) is 0 Å². The largest absolute Gasteiger partial charge is 0.388 e. The molecule has 16 heavy (non-hydrogen) atoms. The van der Waals surface area contributed by atoms with Crippen molar-refractivity contribution in [3.8, 4) is 0 Å². The van der Waals surface area contributed by atoms with Crippen molar-refractivity contribution in [1.82, 2.24) is 10.2 Å². The summed E-state index contributed by atoms with van der Waals surface area (Å²) in [7, 11) is 0. The molecule has 0 aromatic rings. The maximum absolute atomic E-state index is 11.9. The number of aliphatic hydroxyl groups is 1. The van der Waals surface area contributed by atoms with E-state index in [2.05, 4.69) is 12.2 Å². The first kappa shape index (κ1) is 13.5. The number of carbonyl (C=O) groups is 1. The average molecular weight is 228 g/mol. The fraction of sp³-hybridized carbons (Fsp3) is 0.917. The maximum atomic E-state index is 11.9. The van der Waals surface area contributed by atoms with E-state index in [-0.39, 0.29) is 17.5 Å². The van der Waals surface area contributed by atoms with E-state index in [1.54, 1.807) is 6.92 Å². The second kappa shape index (κ2) is 4.34. The summed E-state index contributed by atoms with van der Waals surface area (Å²) < 4.78 is 0. The third-order valence-corrected chi connectivity index (χ3v) is 3.36. The number of carbonyl (C=O) groups excluding carboxylic acids is 1. The van der Waals surface area contributed by atoms with Crippen molar-refractivity contribution in [2.75, 3.05) is 13.1 Å². The molecule has 4 nitrogen and oxygen atoms in total. The maximum Gasteiger partial charge on any atom is 0.237 e. The normalized spacial score (nSPS) is 22.4. The lowest BCUT2D eigenvalue weighted by Gasteiger charge is -2.47. The zero-order chi connectivity index (χ0) is 12.6. The Morgan fingerprint density at radius 1 is 1.56 bits per heavy atom. The molecule has 1 fully saturated rings. The van der Waals surface area contributed by atoms with Gasteiger partial charge < -0.3 is 10.4 Å². The van der Waals surface area contributed by atoms with Crippen LogP contribution in [0.4, 0.5) is 0 Å². The van der Waals surface area contributed by atoms with Gasteiger partial charge in [-0.05, 0) is 34.1 Å². The van der Waals surface area contributed by atoms with Gasteiger partial charge in [-0.25, -0.2) is 0 Å². The molecule has 0 radical (unpaired) electrons. The van der Waals surface area contributed by atoms with Gasteiger partial charge in [0.2, 0.25) is 5.91 Å². The molecule has 0 saturated carbocycles. The number of rotatable bonds is 4. The number of nitrogens with one attached hydrogen (secondary N) is 1. The van der Waals surface area contributed by atoms with Gasteiger partial charge in [-0.1, -0.05) is 6.92 Å². The quantitative estimate of drug-likeness (QED) is 0.746. The van der Waals surface area contributed by atoms with Gasteiger partial charge in [0.1, 0.15) is 0 Å². The van der Waals surface area contributed by atoms with Gasteiger partial charge in [-0.2, -0.15) is 0 Å². The third-order valence-electron chi connectivity index (χ3n) is 3.36.